The molecule has 0 radical (unpaired) electrons. The van der Waals surface area contributed by atoms with Gasteiger partial charge in [0, 0.05) is 7.11 Å². The summed E-state index contributed by atoms with van der Waals surface area (Å²) in [5.41, 5.74) is 10.0. The van der Waals surface area contributed by atoms with Crippen LogP contribution in [-0.4, -0.2) is 19.8 Å². The Balaban J connectivity index is 2.28. The summed E-state index contributed by atoms with van der Waals surface area (Å²) in [5, 5.41) is 0. The molecule has 15 heavy (non-hydrogen) atoms. The van der Waals surface area contributed by atoms with Crippen LogP contribution in [0, 0.1) is 0 Å². The van der Waals surface area contributed by atoms with Crippen LogP contribution in [0.1, 0.15) is 23.1 Å². The van der Waals surface area contributed by atoms with E-state index in [9.17, 15) is 0 Å². The van der Waals surface area contributed by atoms with E-state index < -0.39 is 0 Å². The molecule has 0 heterocycles. The van der Waals surface area contributed by atoms with E-state index in [2.05, 4.69) is 18.2 Å². The van der Waals surface area contributed by atoms with Gasteiger partial charge in [-0.2, -0.15) is 0 Å². The second-order valence-electron chi connectivity index (χ2n) is 4.19. The maximum atomic E-state index is 5.63. The largest absolute Gasteiger partial charge is 0.381 e. The van der Waals surface area contributed by atoms with Crippen molar-refractivity contribution in [2.45, 2.75) is 31.8 Å². The van der Waals surface area contributed by atoms with Gasteiger partial charge in [-0.25, -0.2) is 0 Å². The fourth-order valence-corrected chi connectivity index (χ4v) is 2.42. The van der Waals surface area contributed by atoms with E-state index in [1.54, 1.807) is 7.11 Å². The van der Waals surface area contributed by atoms with Crippen molar-refractivity contribution in [3.05, 3.63) is 34.9 Å². The predicted molar refractivity (Wildman–Crippen MR) is 62.0 cm³/mol. The molecule has 82 valence electrons. The van der Waals surface area contributed by atoms with Crippen molar-refractivity contribution in [2.75, 3.05) is 13.7 Å². The monoisotopic (exact) mass is 205 g/mol. The Bertz CT molecular complexity index is 335. The van der Waals surface area contributed by atoms with E-state index in [4.69, 9.17) is 10.5 Å². The highest BCUT2D eigenvalue weighted by Crippen LogP contribution is 2.26. The van der Waals surface area contributed by atoms with Gasteiger partial charge in [0.15, 0.2) is 0 Å². The third kappa shape index (κ3) is 2.21. The second kappa shape index (κ2) is 4.77. The molecule has 0 aromatic heterocycles. The smallest absolute Gasteiger partial charge is 0.0615 e. The van der Waals surface area contributed by atoms with Crippen LogP contribution in [0.4, 0.5) is 0 Å². The molecule has 2 heteroatoms. The van der Waals surface area contributed by atoms with Gasteiger partial charge in [0.1, 0.15) is 0 Å². The third-order valence-electron chi connectivity index (χ3n) is 3.28. The summed E-state index contributed by atoms with van der Waals surface area (Å²) in [6.07, 6.45) is 4.74. The summed E-state index contributed by atoms with van der Waals surface area (Å²) < 4.78 is 5.45. The van der Waals surface area contributed by atoms with E-state index >= 15 is 0 Å². The molecule has 0 amide bonds. The van der Waals surface area contributed by atoms with Gasteiger partial charge in [0.2, 0.25) is 0 Å². The Hall–Kier alpha value is -0.860. The molecular weight excluding hydrogens is 186 g/mol. The van der Waals surface area contributed by atoms with Gasteiger partial charge in [-0.3, -0.25) is 0 Å². The maximum Gasteiger partial charge on any atom is 0.0615 e. The van der Waals surface area contributed by atoms with E-state index in [-0.39, 0.29) is 0 Å². The summed E-state index contributed by atoms with van der Waals surface area (Å²) >= 11 is 0. The lowest BCUT2D eigenvalue weighted by atomic mass is 9.86. The quantitative estimate of drug-likeness (QED) is 0.815. The highest BCUT2D eigenvalue weighted by Gasteiger charge is 2.19. The maximum absolute atomic E-state index is 5.63. The van der Waals surface area contributed by atoms with Crippen LogP contribution in [-0.2, 0) is 24.0 Å². The minimum Gasteiger partial charge on any atom is -0.381 e. The minimum atomic E-state index is 0.399. The van der Waals surface area contributed by atoms with Gasteiger partial charge < -0.3 is 10.5 Å². The van der Waals surface area contributed by atoms with Crippen LogP contribution in [0.3, 0.4) is 0 Å². The summed E-state index contributed by atoms with van der Waals surface area (Å²) in [5.74, 6) is 0. The van der Waals surface area contributed by atoms with Crippen molar-refractivity contribution in [2.24, 2.45) is 5.73 Å². The summed E-state index contributed by atoms with van der Waals surface area (Å²) in [7, 11) is 1.81. The summed E-state index contributed by atoms with van der Waals surface area (Å²) in [6, 6.07) is 6.59. The number of methoxy groups -OCH3 is 1. The van der Waals surface area contributed by atoms with Gasteiger partial charge in [0.25, 0.3) is 0 Å². The number of aryl methyl sites for hydroxylation is 1. The van der Waals surface area contributed by atoms with Gasteiger partial charge in [0.05, 0.1) is 6.10 Å². The number of rotatable bonds is 3. The molecule has 0 bridgehead atoms. The number of nitrogens with two attached hydrogens (primary N) is 1. The zero-order chi connectivity index (χ0) is 10.7. The van der Waals surface area contributed by atoms with E-state index in [0.717, 1.165) is 32.2 Å². The first-order valence-electron chi connectivity index (χ1n) is 5.67. The van der Waals surface area contributed by atoms with Crippen molar-refractivity contribution < 1.29 is 4.74 Å². The van der Waals surface area contributed by atoms with E-state index in [0.29, 0.717) is 6.10 Å². The molecule has 2 N–H and O–H groups in total. The Kier molecular flexibility index (Phi) is 3.39. The molecule has 0 fully saturated rings. The SMILES string of the molecule is COC1CCc2cccc(CCN)c2C1. The molecular formula is C13H19NO. The highest BCUT2D eigenvalue weighted by atomic mass is 16.5. The van der Waals surface area contributed by atoms with Crippen molar-refractivity contribution in [3.63, 3.8) is 0 Å². The fourth-order valence-electron chi connectivity index (χ4n) is 2.42. The Morgan fingerprint density at radius 2 is 2.33 bits per heavy atom. The van der Waals surface area contributed by atoms with Crippen LogP contribution < -0.4 is 5.73 Å². The van der Waals surface area contributed by atoms with Crippen LogP contribution in [0.15, 0.2) is 18.2 Å². The molecule has 0 saturated heterocycles. The standard InChI is InChI=1S/C13H19NO/c1-15-12-6-5-10-3-2-4-11(7-8-14)13(10)9-12/h2-4,12H,5-9,14H2,1H3. The normalized spacial score (nSPS) is 20.0. The Morgan fingerprint density at radius 3 is 3.07 bits per heavy atom. The first-order chi connectivity index (χ1) is 7.35. The van der Waals surface area contributed by atoms with Gasteiger partial charge in [-0.05, 0) is 48.9 Å². The number of fused-ring (bicyclic) bond motifs is 1. The molecule has 1 aromatic rings. The Labute approximate surface area is 91.4 Å². The Morgan fingerprint density at radius 1 is 1.47 bits per heavy atom. The summed E-state index contributed by atoms with van der Waals surface area (Å²) in [6.45, 7) is 0.730. The molecule has 2 rings (SSSR count). The first-order valence-corrected chi connectivity index (χ1v) is 5.67. The molecule has 1 aliphatic carbocycles. The van der Waals surface area contributed by atoms with Crippen LogP contribution in [0.25, 0.3) is 0 Å². The van der Waals surface area contributed by atoms with Crippen molar-refractivity contribution >= 4 is 0 Å². The lowest BCUT2D eigenvalue weighted by molar-refractivity contribution is 0.0909. The number of benzene rings is 1. The van der Waals surface area contributed by atoms with Gasteiger partial charge in [-0.15, -0.1) is 0 Å². The molecule has 1 aromatic carbocycles. The molecule has 1 atom stereocenters. The second-order valence-corrected chi connectivity index (χ2v) is 4.19. The highest BCUT2D eigenvalue weighted by molar-refractivity contribution is 5.38. The van der Waals surface area contributed by atoms with Crippen molar-refractivity contribution in [1.82, 2.24) is 0 Å². The average Bonchev–Trinajstić information content (AvgIpc) is 2.29. The zero-order valence-electron chi connectivity index (χ0n) is 9.33. The first kappa shape index (κ1) is 10.7. The van der Waals surface area contributed by atoms with Crippen LogP contribution in [0.5, 0.6) is 0 Å². The van der Waals surface area contributed by atoms with Gasteiger partial charge in [-0.1, -0.05) is 18.2 Å². The molecule has 0 aliphatic heterocycles. The lowest BCUT2D eigenvalue weighted by Gasteiger charge is -2.25. The molecule has 0 saturated carbocycles. The topological polar surface area (TPSA) is 35.2 Å². The lowest BCUT2D eigenvalue weighted by Crippen LogP contribution is -2.22. The molecule has 1 unspecified atom stereocenters. The minimum absolute atomic E-state index is 0.399. The van der Waals surface area contributed by atoms with Crippen LogP contribution >= 0.6 is 0 Å². The zero-order valence-corrected chi connectivity index (χ0v) is 9.33. The third-order valence-corrected chi connectivity index (χ3v) is 3.28. The number of hydrogen-bond acceptors (Lipinski definition) is 2. The summed E-state index contributed by atoms with van der Waals surface area (Å²) in [4.78, 5) is 0. The van der Waals surface area contributed by atoms with E-state index in [1.165, 1.54) is 16.7 Å². The average molecular weight is 205 g/mol. The predicted octanol–water partition coefficient (Wildman–Crippen LogP) is 1.69. The number of hydrogen-bond donors (Lipinski definition) is 1. The van der Waals surface area contributed by atoms with Crippen molar-refractivity contribution in [1.29, 1.82) is 0 Å². The van der Waals surface area contributed by atoms with Crippen molar-refractivity contribution in [3.8, 4) is 0 Å². The van der Waals surface area contributed by atoms with E-state index in [1.807, 2.05) is 0 Å². The molecule has 0 spiro atoms. The molecule has 1 aliphatic rings. The van der Waals surface area contributed by atoms with Crippen LogP contribution in [0.2, 0.25) is 0 Å². The molecule has 2 nitrogen and oxygen atoms in total. The van der Waals surface area contributed by atoms with Gasteiger partial charge >= 0.3 is 0 Å². The fraction of sp³-hybridized carbons (Fsp3) is 0.538. The number of ether oxygens (including phenoxy) is 1.